The molecule has 5 aliphatic carbocycles. The summed E-state index contributed by atoms with van der Waals surface area (Å²) in [6.45, 7) is 12.9. The molecule has 83 heavy (non-hydrogen) atoms. The molecule has 8 aliphatic rings. The van der Waals surface area contributed by atoms with Gasteiger partial charge in [0, 0.05) is 22.1 Å². The molecule has 22 heteroatoms. The minimum atomic E-state index is -1.84. The van der Waals surface area contributed by atoms with Gasteiger partial charge in [0.15, 0.2) is 18.7 Å². The number of carbonyl (C=O) groups is 4. The Kier molecular flexibility index (Phi) is 19.5. The third-order valence-electron chi connectivity index (χ3n) is 22.1. The molecule has 24 atom stereocenters. The fourth-order valence-corrected chi connectivity index (χ4v) is 17.2. The van der Waals surface area contributed by atoms with Gasteiger partial charge in [-0.15, -0.1) is 0 Å². The summed E-state index contributed by atoms with van der Waals surface area (Å²) in [7, 11) is 0. The molecule has 0 spiro atoms. The zero-order valence-corrected chi connectivity index (χ0v) is 51.1. The van der Waals surface area contributed by atoms with E-state index in [9.17, 15) is 60.3 Å². The zero-order valence-electron chi connectivity index (χ0n) is 48.9. The largest absolute Gasteiger partial charge is 0.432 e. The standard InChI is InChI=1S/C61H91IN2O19/c1-31-49(81-53-48(75)46(73)37(68)29-78-53)45(72)34(27-65)52(79-31)82-50-47(74)44(64-43(71)11-9-8-10-24-63-51(76)32-12-14-33(62)15-13-32)38(28-66)80-54(50)83-55(77)61-23-22-56(2,3)25-36(61)35-16-17-40-57(4)20-19-41(69)58(5,30-67)39(57)18-21-59(40,6)60(35,7)26-42(61)70/h12-16,30-31,34,36-42,44-50,52-54,65-66,68-70,72-75H,8-11,17-29H2,1-7H3,(H,63,76)(H,64,71)/t31?,34?,36?,37-,38?,39?,40?,41+,42?,44+,45?,46-,47?,48?,49+,50?,52+,53+,54+,57?,58?,59?,60?,61-/m1/s1. The highest BCUT2D eigenvalue weighted by Crippen LogP contribution is 2.76. The van der Waals surface area contributed by atoms with Crippen LogP contribution in [0.3, 0.4) is 0 Å². The molecule has 3 heterocycles. The van der Waals surface area contributed by atoms with Crippen LogP contribution in [0, 0.1) is 59.7 Å². The number of esters is 1. The van der Waals surface area contributed by atoms with Gasteiger partial charge < -0.3 is 89.8 Å². The molecule has 2 amide bonds. The number of allylic oxidation sites excluding steroid dienone is 2. The summed E-state index contributed by atoms with van der Waals surface area (Å²) < 4.78 is 38.1. The highest BCUT2D eigenvalue weighted by atomic mass is 127. The van der Waals surface area contributed by atoms with Crippen LogP contribution in [0.25, 0.3) is 0 Å². The van der Waals surface area contributed by atoms with Crippen molar-refractivity contribution >= 4 is 46.7 Å². The Morgan fingerprint density at radius 2 is 1.47 bits per heavy atom. The summed E-state index contributed by atoms with van der Waals surface area (Å²) in [5.41, 5.74) is -2.38. The molecule has 3 aliphatic heterocycles. The first-order valence-corrected chi connectivity index (χ1v) is 31.1. The molecule has 0 radical (unpaired) electrons. The smallest absolute Gasteiger partial charge is 0.317 e. The van der Waals surface area contributed by atoms with Crippen molar-refractivity contribution in [2.45, 2.75) is 224 Å². The summed E-state index contributed by atoms with van der Waals surface area (Å²) in [4.78, 5) is 55.0. The molecule has 9 rings (SSSR count). The fourth-order valence-electron chi connectivity index (χ4n) is 16.9. The molecule has 1 aromatic rings. The van der Waals surface area contributed by atoms with Crippen LogP contribution in [-0.4, -0.2) is 188 Å². The quantitative estimate of drug-likeness (QED) is 0.0351. The van der Waals surface area contributed by atoms with Gasteiger partial charge in [0.05, 0.1) is 61.6 Å². The molecule has 466 valence electrons. The van der Waals surface area contributed by atoms with E-state index in [1.165, 1.54) is 6.92 Å². The molecule has 1 aromatic carbocycles. The van der Waals surface area contributed by atoms with Gasteiger partial charge in [0.1, 0.15) is 48.3 Å². The number of fused-ring (bicyclic) bond motifs is 7. The zero-order chi connectivity index (χ0) is 60.4. The van der Waals surface area contributed by atoms with E-state index in [0.29, 0.717) is 63.5 Å². The predicted molar refractivity (Wildman–Crippen MR) is 305 cm³/mol. The Bertz CT molecular complexity index is 2520. The van der Waals surface area contributed by atoms with Gasteiger partial charge in [0.25, 0.3) is 5.91 Å². The first-order chi connectivity index (χ1) is 39.1. The van der Waals surface area contributed by atoms with E-state index >= 15 is 4.79 Å². The minimum absolute atomic E-state index is 0.0109. The lowest BCUT2D eigenvalue weighted by Crippen LogP contribution is -2.69. The van der Waals surface area contributed by atoms with Crippen LogP contribution in [-0.2, 0) is 42.8 Å². The third kappa shape index (κ3) is 11.7. The van der Waals surface area contributed by atoms with Crippen molar-refractivity contribution in [1.82, 2.24) is 10.6 Å². The average Bonchev–Trinajstić information content (AvgIpc) is 0.743. The Labute approximate surface area is 500 Å². The van der Waals surface area contributed by atoms with E-state index in [-0.39, 0.29) is 59.9 Å². The SMILES string of the molecule is CC1O[C@@H](OC2C(O)[C@@H](NC(=O)CCCCCNC(=O)c3ccc(I)cc3)C(CO)O[C@H]2OC(=O)[C@]23CCC(C)(C)CC2C2=CCC4C5(C)CC[C@H](O)C(C)(C=O)C5CCC4(C)C2(C)CC3O)C(CO)C(O)[C@H]1O[C@@H]1OC[C@@H](O)[C@@H](O)C1O. The van der Waals surface area contributed by atoms with E-state index in [2.05, 4.69) is 73.9 Å². The Morgan fingerprint density at radius 3 is 2.16 bits per heavy atom. The number of halogens is 1. The summed E-state index contributed by atoms with van der Waals surface area (Å²) >= 11 is 2.16. The van der Waals surface area contributed by atoms with E-state index in [1.54, 1.807) is 12.1 Å². The third-order valence-corrected chi connectivity index (χ3v) is 22.8. The van der Waals surface area contributed by atoms with Crippen LogP contribution in [0.5, 0.6) is 0 Å². The molecular weight excluding hydrogens is 1190 g/mol. The minimum Gasteiger partial charge on any atom is -0.432 e. The second-order valence-corrected chi connectivity index (χ2v) is 28.5. The van der Waals surface area contributed by atoms with Crippen LogP contribution >= 0.6 is 22.6 Å². The molecular formula is C61H91IN2O19. The summed E-state index contributed by atoms with van der Waals surface area (Å²) in [6.07, 6.45) is -11.0. The maximum absolute atomic E-state index is 15.8. The lowest BCUT2D eigenvalue weighted by molar-refractivity contribution is -0.365. The van der Waals surface area contributed by atoms with Crippen LogP contribution in [0.15, 0.2) is 35.9 Å². The van der Waals surface area contributed by atoms with E-state index in [1.807, 2.05) is 19.1 Å². The molecule has 11 N–H and O–H groups in total. The number of carbonyl (C=O) groups excluding carboxylic acids is 4. The number of nitrogens with one attached hydrogen (secondary N) is 2. The number of hydrogen-bond acceptors (Lipinski definition) is 19. The molecule has 21 nitrogen and oxygen atoms in total. The second kappa shape index (κ2) is 25.0. The molecule has 4 saturated carbocycles. The Morgan fingerprint density at radius 1 is 0.759 bits per heavy atom. The van der Waals surface area contributed by atoms with Gasteiger partial charge in [-0.1, -0.05) is 59.6 Å². The van der Waals surface area contributed by atoms with Gasteiger partial charge in [-0.2, -0.15) is 0 Å². The lowest BCUT2D eigenvalue weighted by Gasteiger charge is -2.71. The number of amides is 2. The number of aliphatic hydroxyl groups excluding tert-OH is 9. The fraction of sp³-hybridized carbons (Fsp3) is 0.803. The average molecular weight is 1280 g/mol. The van der Waals surface area contributed by atoms with Gasteiger partial charge in [-0.25, -0.2) is 0 Å². The second-order valence-electron chi connectivity index (χ2n) is 27.3. The van der Waals surface area contributed by atoms with Crippen LogP contribution in [0.4, 0.5) is 0 Å². The highest BCUT2D eigenvalue weighted by Gasteiger charge is 2.72. The van der Waals surface area contributed by atoms with Gasteiger partial charge in [0.2, 0.25) is 12.2 Å². The number of ether oxygens (including phenoxy) is 6. The predicted octanol–water partition coefficient (Wildman–Crippen LogP) is 2.92. The van der Waals surface area contributed by atoms with Crippen molar-refractivity contribution in [1.29, 1.82) is 0 Å². The molecule has 0 bridgehead atoms. The monoisotopic (exact) mass is 1280 g/mol. The van der Waals surface area contributed by atoms with Crippen molar-refractivity contribution in [2.24, 2.45) is 56.2 Å². The normalized spacial score (nSPS) is 45.7. The van der Waals surface area contributed by atoms with E-state index < -0.39 is 145 Å². The van der Waals surface area contributed by atoms with Crippen LogP contribution in [0.1, 0.15) is 142 Å². The first-order valence-electron chi connectivity index (χ1n) is 30.1. The van der Waals surface area contributed by atoms with Gasteiger partial charge in [-0.05, 0) is 164 Å². The molecule has 15 unspecified atom stereocenters. The van der Waals surface area contributed by atoms with E-state index in [0.717, 1.165) is 28.3 Å². The topological polar surface area (TPSA) is 330 Å². The Balaban J connectivity index is 0.973. The number of rotatable bonds is 17. The molecule has 0 aromatic heterocycles. The highest BCUT2D eigenvalue weighted by molar-refractivity contribution is 14.1. The number of aldehydes is 1. The lowest BCUT2D eigenvalue weighted by atomic mass is 9.33. The number of hydrogen-bond donors (Lipinski definition) is 11. The number of unbranched alkanes of at least 4 members (excludes halogenated alkanes) is 2. The van der Waals surface area contributed by atoms with Crippen LogP contribution < -0.4 is 10.6 Å². The maximum atomic E-state index is 15.8. The van der Waals surface area contributed by atoms with Crippen molar-refractivity contribution in [2.75, 3.05) is 26.4 Å². The molecule has 3 saturated heterocycles. The first kappa shape index (κ1) is 64.7. The maximum Gasteiger partial charge on any atom is 0.317 e. The summed E-state index contributed by atoms with van der Waals surface area (Å²) in [5.74, 6) is -3.37. The van der Waals surface area contributed by atoms with E-state index in [4.69, 9.17) is 28.4 Å². The van der Waals surface area contributed by atoms with Crippen molar-refractivity contribution in [3.63, 3.8) is 0 Å². The molecule has 7 fully saturated rings. The van der Waals surface area contributed by atoms with Crippen LogP contribution in [0.2, 0.25) is 0 Å². The van der Waals surface area contributed by atoms with Crippen molar-refractivity contribution < 1.29 is 93.6 Å². The number of benzene rings is 1. The number of aliphatic hydroxyl groups is 9. The summed E-state index contributed by atoms with van der Waals surface area (Å²) in [6, 6.07) is 5.79. The van der Waals surface area contributed by atoms with Gasteiger partial charge in [-0.3, -0.25) is 14.4 Å². The summed E-state index contributed by atoms with van der Waals surface area (Å²) in [5, 5.41) is 107. The Hall–Kier alpha value is -2.79. The van der Waals surface area contributed by atoms with Gasteiger partial charge >= 0.3 is 5.97 Å². The van der Waals surface area contributed by atoms with Crippen molar-refractivity contribution in [3.8, 4) is 0 Å². The van der Waals surface area contributed by atoms with Crippen molar-refractivity contribution in [3.05, 3.63) is 45.0 Å².